The van der Waals surface area contributed by atoms with Crippen LogP contribution in [0.1, 0.15) is 45.4 Å². The third kappa shape index (κ3) is 3.49. The highest BCUT2D eigenvalue weighted by atomic mass is 16.2. The zero-order valence-electron chi connectivity index (χ0n) is 9.59. The molecule has 2 saturated carbocycles. The van der Waals surface area contributed by atoms with E-state index < -0.39 is 0 Å². The highest BCUT2D eigenvalue weighted by Crippen LogP contribution is 2.23. The summed E-state index contributed by atoms with van der Waals surface area (Å²) < 4.78 is 0. The summed E-state index contributed by atoms with van der Waals surface area (Å²) in [4.78, 5) is 11.6. The fourth-order valence-electron chi connectivity index (χ4n) is 2.31. The van der Waals surface area contributed by atoms with E-state index in [-0.39, 0.29) is 5.91 Å². The van der Waals surface area contributed by atoms with Crippen LogP contribution in [0.2, 0.25) is 0 Å². The zero-order valence-corrected chi connectivity index (χ0v) is 9.59. The SMILES string of the molecule is C[C@@H]1CCCC[C@@H]1NC(=O)CNC1CC1. The molecule has 0 aromatic carbocycles. The molecular formula is C12H22N2O. The molecule has 0 aromatic heterocycles. The number of nitrogens with one attached hydrogen (secondary N) is 2. The molecule has 0 heterocycles. The van der Waals surface area contributed by atoms with E-state index in [1.807, 2.05) is 0 Å². The van der Waals surface area contributed by atoms with Crippen LogP contribution in [0, 0.1) is 5.92 Å². The third-order valence-electron chi connectivity index (χ3n) is 3.59. The lowest BCUT2D eigenvalue weighted by Crippen LogP contribution is -2.45. The van der Waals surface area contributed by atoms with Gasteiger partial charge in [-0.1, -0.05) is 19.8 Å². The van der Waals surface area contributed by atoms with Crippen LogP contribution in [0.5, 0.6) is 0 Å². The number of hydrogen-bond acceptors (Lipinski definition) is 2. The normalized spacial score (nSPS) is 31.3. The average Bonchev–Trinajstić information content (AvgIpc) is 3.02. The van der Waals surface area contributed by atoms with Crippen molar-refractivity contribution in [1.29, 1.82) is 0 Å². The third-order valence-corrected chi connectivity index (χ3v) is 3.59. The summed E-state index contributed by atoms with van der Waals surface area (Å²) in [5.41, 5.74) is 0. The van der Waals surface area contributed by atoms with E-state index in [1.165, 1.54) is 32.1 Å². The smallest absolute Gasteiger partial charge is 0.234 e. The second kappa shape index (κ2) is 4.97. The van der Waals surface area contributed by atoms with Gasteiger partial charge in [0.25, 0.3) is 0 Å². The minimum atomic E-state index is 0.181. The fourth-order valence-corrected chi connectivity index (χ4v) is 2.31. The molecule has 0 radical (unpaired) electrons. The predicted octanol–water partition coefficient (Wildman–Crippen LogP) is 1.43. The van der Waals surface area contributed by atoms with Crippen molar-refractivity contribution in [3.05, 3.63) is 0 Å². The molecule has 3 heteroatoms. The number of carbonyl (C=O) groups excluding carboxylic acids is 1. The molecule has 1 amide bonds. The fraction of sp³-hybridized carbons (Fsp3) is 0.917. The lowest BCUT2D eigenvalue weighted by atomic mass is 9.86. The van der Waals surface area contributed by atoms with Crippen molar-refractivity contribution in [1.82, 2.24) is 10.6 Å². The minimum Gasteiger partial charge on any atom is -0.352 e. The van der Waals surface area contributed by atoms with Crippen LogP contribution in [-0.4, -0.2) is 24.5 Å². The molecule has 2 rings (SSSR count). The molecule has 2 N–H and O–H groups in total. The molecule has 2 aliphatic carbocycles. The molecule has 15 heavy (non-hydrogen) atoms. The topological polar surface area (TPSA) is 41.1 Å². The summed E-state index contributed by atoms with van der Waals surface area (Å²) in [7, 11) is 0. The number of amides is 1. The lowest BCUT2D eigenvalue weighted by molar-refractivity contribution is -0.121. The van der Waals surface area contributed by atoms with E-state index >= 15 is 0 Å². The van der Waals surface area contributed by atoms with Gasteiger partial charge in [-0.05, 0) is 31.6 Å². The number of rotatable bonds is 4. The van der Waals surface area contributed by atoms with Gasteiger partial charge >= 0.3 is 0 Å². The largest absolute Gasteiger partial charge is 0.352 e. The maximum atomic E-state index is 11.6. The van der Waals surface area contributed by atoms with E-state index in [0.717, 1.165) is 6.42 Å². The second-order valence-electron chi connectivity index (χ2n) is 5.09. The molecule has 86 valence electrons. The molecule has 2 atom stereocenters. The van der Waals surface area contributed by atoms with Crippen molar-refractivity contribution < 1.29 is 4.79 Å². The average molecular weight is 210 g/mol. The summed E-state index contributed by atoms with van der Waals surface area (Å²) in [6.45, 7) is 2.76. The number of hydrogen-bond donors (Lipinski definition) is 2. The zero-order chi connectivity index (χ0) is 10.7. The number of carbonyl (C=O) groups is 1. The van der Waals surface area contributed by atoms with Gasteiger partial charge in [0.15, 0.2) is 0 Å². The molecule has 0 unspecified atom stereocenters. The Hall–Kier alpha value is -0.570. The highest BCUT2D eigenvalue weighted by Gasteiger charge is 2.24. The van der Waals surface area contributed by atoms with E-state index in [0.29, 0.717) is 24.5 Å². The quantitative estimate of drug-likeness (QED) is 0.737. The molecule has 0 saturated heterocycles. The Morgan fingerprint density at radius 1 is 1.20 bits per heavy atom. The Kier molecular flexibility index (Phi) is 3.62. The van der Waals surface area contributed by atoms with Crippen LogP contribution in [0.25, 0.3) is 0 Å². The first-order valence-corrected chi connectivity index (χ1v) is 6.28. The highest BCUT2D eigenvalue weighted by molar-refractivity contribution is 5.78. The summed E-state index contributed by atoms with van der Waals surface area (Å²) in [6.07, 6.45) is 7.51. The standard InChI is InChI=1S/C12H22N2O/c1-9-4-2-3-5-11(9)14-12(15)8-13-10-6-7-10/h9-11,13H,2-8H2,1H3,(H,14,15)/t9-,11+/m1/s1. The second-order valence-corrected chi connectivity index (χ2v) is 5.09. The van der Waals surface area contributed by atoms with Crippen molar-refractivity contribution in [2.45, 2.75) is 57.5 Å². The van der Waals surface area contributed by atoms with Gasteiger partial charge in [0.1, 0.15) is 0 Å². The molecule has 0 aromatic rings. The molecule has 2 fully saturated rings. The van der Waals surface area contributed by atoms with Gasteiger partial charge in [-0.2, -0.15) is 0 Å². The maximum Gasteiger partial charge on any atom is 0.234 e. The first kappa shape index (κ1) is 10.9. The van der Waals surface area contributed by atoms with Crippen molar-refractivity contribution in [3.8, 4) is 0 Å². The Bertz CT molecular complexity index is 226. The van der Waals surface area contributed by atoms with Gasteiger partial charge in [0.2, 0.25) is 5.91 Å². The van der Waals surface area contributed by atoms with Gasteiger partial charge in [-0.15, -0.1) is 0 Å². The molecular weight excluding hydrogens is 188 g/mol. The van der Waals surface area contributed by atoms with Gasteiger partial charge in [-0.3, -0.25) is 4.79 Å². The molecule has 0 bridgehead atoms. The summed E-state index contributed by atoms with van der Waals surface area (Å²) >= 11 is 0. The molecule has 2 aliphatic rings. The first-order chi connectivity index (χ1) is 7.25. The van der Waals surface area contributed by atoms with Crippen LogP contribution in [0.3, 0.4) is 0 Å². The Balaban J connectivity index is 1.66. The Morgan fingerprint density at radius 3 is 2.60 bits per heavy atom. The molecule has 3 nitrogen and oxygen atoms in total. The maximum absolute atomic E-state index is 11.6. The van der Waals surface area contributed by atoms with Crippen LogP contribution < -0.4 is 10.6 Å². The molecule has 0 aliphatic heterocycles. The van der Waals surface area contributed by atoms with Crippen molar-refractivity contribution >= 4 is 5.91 Å². The first-order valence-electron chi connectivity index (χ1n) is 6.28. The van der Waals surface area contributed by atoms with Crippen LogP contribution in [-0.2, 0) is 4.79 Å². The predicted molar refractivity (Wildman–Crippen MR) is 60.6 cm³/mol. The van der Waals surface area contributed by atoms with Gasteiger partial charge < -0.3 is 10.6 Å². The van der Waals surface area contributed by atoms with Crippen molar-refractivity contribution in [2.24, 2.45) is 5.92 Å². The minimum absolute atomic E-state index is 0.181. The van der Waals surface area contributed by atoms with Gasteiger partial charge in [0, 0.05) is 12.1 Å². The van der Waals surface area contributed by atoms with Gasteiger partial charge in [-0.25, -0.2) is 0 Å². The Morgan fingerprint density at radius 2 is 1.93 bits per heavy atom. The van der Waals surface area contributed by atoms with Crippen LogP contribution >= 0.6 is 0 Å². The summed E-state index contributed by atoms with van der Waals surface area (Å²) in [5.74, 6) is 0.837. The summed E-state index contributed by atoms with van der Waals surface area (Å²) in [5, 5.41) is 6.40. The lowest BCUT2D eigenvalue weighted by Gasteiger charge is -2.29. The van der Waals surface area contributed by atoms with E-state index in [2.05, 4.69) is 17.6 Å². The van der Waals surface area contributed by atoms with Crippen molar-refractivity contribution in [2.75, 3.05) is 6.54 Å². The van der Waals surface area contributed by atoms with E-state index in [4.69, 9.17) is 0 Å². The van der Waals surface area contributed by atoms with Gasteiger partial charge in [0.05, 0.1) is 6.54 Å². The monoisotopic (exact) mass is 210 g/mol. The van der Waals surface area contributed by atoms with E-state index in [1.54, 1.807) is 0 Å². The van der Waals surface area contributed by atoms with Crippen LogP contribution in [0.4, 0.5) is 0 Å². The van der Waals surface area contributed by atoms with Crippen LogP contribution in [0.15, 0.2) is 0 Å². The Labute approximate surface area is 92.0 Å². The molecule has 0 spiro atoms. The summed E-state index contributed by atoms with van der Waals surface area (Å²) in [6, 6.07) is 1.05. The van der Waals surface area contributed by atoms with E-state index in [9.17, 15) is 4.79 Å². The van der Waals surface area contributed by atoms with Crippen molar-refractivity contribution in [3.63, 3.8) is 0 Å².